The second-order valence-corrected chi connectivity index (χ2v) is 6.11. The van der Waals surface area contributed by atoms with E-state index in [0.717, 1.165) is 31.0 Å². The van der Waals surface area contributed by atoms with Crippen LogP contribution in [0.1, 0.15) is 11.7 Å². The lowest BCUT2D eigenvalue weighted by Gasteiger charge is -2.24. The molecule has 1 N–H and O–H groups in total. The van der Waals surface area contributed by atoms with Crippen LogP contribution in [0.3, 0.4) is 0 Å². The number of thioether (sulfide) groups is 1. The number of hydrogen-bond acceptors (Lipinski definition) is 3. The summed E-state index contributed by atoms with van der Waals surface area (Å²) in [5.74, 6) is 1.53. The van der Waals surface area contributed by atoms with Crippen molar-refractivity contribution in [2.75, 3.05) is 31.7 Å². The molecule has 18 heavy (non-hydrogen) atoms. The maximum Gasteiger partial charge on any atom is 0.0874 e. The first-order chi connectivity index (χ1) is 8.72. The topological polar surface area (TPSA) is 21.3 Å². The molecule has 1 heterocycles. The van der Waals surface area contributed by atoms with Crippen LogP contribution in [-0.4, -0.2) is 31.7 Å². The largest absolute Gasteiger partial charge is 0.372 e. The third kappa shape index (κ3) is 3.55. The predicted octanol–water partition coefficient (Wildman–Crippen LogP) is 3.63. The average molecular weight is 306 g/mol. The summed E-state index contributed by atoms with van der Waals surface area (Å²) < 4.78 is 5.97. The molecular formula is C13H17Cl2NOS. The molecule has 0 aromatic heterocycles. The average Bonchev–Trinajstić information content (AvgIpc) is 2.59. The highest BCUT2D eigenvalue weighted by molar-refractivity contribution is 7.98. The van der Waals surface area contributed by atoms with Crippen molar-refractivity contribution in [2.24, 2.45) is 5.92 Å². The molecule has 2 atom stereocenters. The fraction of sp³-hybridized carbons (Fsp3) is 0.538. The zero-order valence-electron chi connectivity index (χ0n) is 10.3. The highest BCUT2D eigenvalue weighted by Gasteiger charge is 2.26. The summed E-state index contributed by atoms with van der Waals surface area (Å²) in [6.07, 6.45) is 2.22. The maximum atomic E-state index is 6.09. The van der Waals surface area contributed by atoms with E-state index in [0.29, 0.717) is 16.0 Å². The predicted molar refractivity (Wildman–Crippen MR) is 79.9 cm³/mol. The normalized spacial score (nSPS) is 24.8. The van der Waals surface area contributed by atoms with Crippen molar-refractivity contribution in [1.29, 1.82) is 0 Å². The number of rotatable bonds is 3. The molecule has 1 saturated heterocycles. The van der Waals surface area contributed by atoms with E-state index in [-0.39, 0.29) is 6.10 Å². The van der Waals surface area contributed by atoms with Crippen LogP contribution in [-0.2, 0) is 4.74 Å². The van der Waals surface area contributed by atoms with E-state index < -0.39 is 0 Å². The summed E-state index contributed by atoms with van der Waals surface area (Å²) in [5, 5.41) is 4.60. The van der Waals surface area contributed by atoms with Crippen LogP contribution < -0.4 is 5.32 Å². The van der Waals surface area contributed by atoms with E-state index in [1.807, 2.05) is 30.0 Å². The Morgan fingerprint density at radius 2 is 2.22 bits per heavy atom. The van der Waals surface area contributed by atoms with Gasteiger partial charge in [0, 0.05) is 19.0 Å². The number of benzene rings is 1. The van der Waals surface area contributed by atoms with Gasteiger partial charge in [-0.15, -0.1) is 0 Å². The first-order valence-corrected chi connectivity index (χ1v) is 8.13. The third-order valence-corrected chi connectivity index (χ3v) is 4.56. The smallest absolute Gasteiger partial charge is 0.0874 e. The van der Waals surface area contributed by atoms with Gasteiger partial charge in [-0.3, -0.25) is 0 Å². The second kappa shape index (κ2) is 7.01. The van der Waals surface area contributed by atoms with Gasteiger partial charge in [-0.2, -0.15) is 11.8 Å². The molecule has 1 aliphatic heterocycles. The van der Waals surface area contributed by atoms with Gasteiger partial charge in [0.2, 0.25) is 0 Å². The first-order valence-electron chi connectivity index (χ1n) is 5.98. The van der Waals surface area contributed by atoms with Crippen LogP contribution in [0.25, 0.3) is 0 Å². The molecule has 0 amide bonds. The summed E-state index contributed by atoms with van der Waals surface area (Å²) in [6, 6.07) is 5.78. The van der Waals surface area contributed by atoms with Gasteiger partial charge in [0.1, 0.15) is 0 Å². The zero-order chi connectivity index (χ0) is 13.0. The van der Waals surface area contributed by atoms with E-state index >= 15 is 0 Å². The fourth-order valence-corrected chi connectivity index (χ4v) is 3.23. The van der Waals surface area contributed by atoms with E-state index in [1.165, 1.54) is 0 Å². The Kier molecular flexibility index (Phi) is 5.64. The van der Waals surface area contributed by atoms with Crippen molar-refractivity contribution in [2.45, 2.75) is 6.10 Å². The Bertz CT molecular complexity index is 403. The Labute approximate surface area is 122 Å². The van der Waals surface area contributed by atoms with Crippen molar-refractivity contribution in [3.63, 3.8) is 0 Å². The molecule has 0 radical (unpaired) electrons. The van der Waals surface area contributed by atoms with Gasteiger partial charge in [0.25, 0.3) is 0 Å². The van der Waals surface area contributed by atoms with Crippen LogP contribution in [0.15, 0.2) is 18.2 Å². The molecule has 1 aromatic rings. The van der Waals surface area contributed by atoms with Gasteiger partial charge in [-0.1, -0.05) is 29.3 Å². The molecule has 0 saturated carbocycles. The van der Waals surface area contributed by atoms with Gasteiger partial charge >= 0.3 is 0 Å². The van der Waals surface area contributed by atoms with Crippen LogP contribution in [0.2, 0.25) is 10.0 Å². The standard InChI is InChI=1S/C13H17Cl2NOS/c1-18-8-10-7-16-4-5-17-13(10)9-2-3-11(14)12(15)6-9/h2-3,6,10,13,16H,4-5,7-8H2,1H3. The molecule has 0 aliphatic carbocycles. The lowest BCUT2D eigenvalue weighted by atomic mass is 9.97. The Morgan fingerprint density at radius 1 is 1.39 bits per heavy atom. The summed E-state index contributed by atoms with van der Waals surface area (Å²) in [6.45, 7) is 2.62. The summed E-state index contributed by atoms with van der Waals surface area (Å²) in [5.41, 5.74) is 1.12. The number of nitrogens with one attached hydrogen (secondary N) is 1. The van der Waals surface area contributed by atoms with Crippen LogP contribution >= 0.6 is 35.0 Å². The molecule has 0 spiro atoms. The van der Waals surface area contributed by atoms with E-state index in [4.69, 9.17) is 27.9 Å². The van der Waals surface area contributed by atoms with Gasteiger partial charge < -0.3 is 10.1 Å². The monoisotopic (exact) mass is 305 g/mol. The fourth-order valence-electron chi connectivity index (χ4n) is 2.21. The molecule has 0 bridgehead atoms. The van der Waals surface area contributed by atoms with Crippen LogP contribution in [0.5, 0.6) is 0 Å². The zero-order valence-corrected chi connectivity index (χ0v) is 12.6. The molecule has 2 nitrogen and oxygen atoms in total. The molecule has 1 aromatic carbocycles. The van der Waals surface area contributed by atoms with E-state index in [2.05, 4.69) is 11.6 Å². The van der Waals surface area contributed by atoms with Crippen LogP contribution in [0, 0.1) is 5.92 Å². The van der Waals surface area contributed by atoms with Crippen molar-refractivity contribution in [3.8, 4) is 0 Å². The van der Waals surface area contributed by atoms with Crippen molar-refractivity contribution in [1.82, 2.24) is 5.32 Å². The Hall–Kier alpha value is 0.0700. The minimum absolute atomic E-state index is 0.0993. The quantitative estimate of drug-likeness (QED) is 0.921. The number of hydrogen-bond donors (Lipinski definition) is 1. The van der Waals surface area contributed by atoms with Crippen LogP contribution in [0.4, 0.5) is 0 Å². The Balaban J connectivity index is 2.22. The lowest BCUT2D eigenvalue weighted by Crippen LogP contribution is -2.26. The summed E-state index contributed by atoms with van der Waals surface area (Å²) in [7, 11) is 0. The first kappa shape index (κ1) is 14.5. The van der Waals surface area contributed by atoms with Crippen molar-refractivity contribution < 1.29 is 4.74 Å². The second-order valence-electron chi connectivity index (χ2n) is 4.38. The number of ether oxygens (including phenoxy) is 1. The Morgan fingerprint density at radius 3 is 2.94 bits per heavy atom. The molecule has 5 heteroatoms. The molecule has 2 rings (SSSR count). The molecule has 1 aliphatic rings. The minimum atomic E-state index is 0.0993. The van der Waals surface area contributed by atoms with E-state index in [1.54, 1.807) is 0 Å². The summed E-state index contributed by atoms with van der Waals surface area (Å²) in [4.78, 5) is 0. The van der Waals surface area contributed by atoms with E-state index in [9.17, 15) is 0 Å². The maximum absolute atomic E-state index is 6.09. The van der Waals surface area contributed by atoms with Gasteiger partial charge in [0.05, 0.1) is 22.8 Å². The van der Waals surface area contributed by atoms with Gasteiger partial charge in [-0.05, 0) is 29.7 Å². The highest BCUT2D eigenvalue weighted by atomic mass is 35.5. The highest BCUT2D eigenvalue weighted by Crippen LogP contribution is 2.33. The van der Waals surface area contributed by atoms with Crippen molar-refractivity contribution in [3.05, 3.63) is 33.8 Å². The lowest BCUT2D eigenvalue weighted by molar-refractivity contribution is 0.0374. The van der Waals surface area contributed by atoms with Gasteiger partial charge in [0.15, 0.2) is 0 Å². The van der Waals surface area contributed by atoms with Gasteiger partial charge in [-0.25, -0.2) is 0 Å². The SMILES string of the molecule is CSCC1CNCCOC1c1ccc(Cl)c(Cl)c1. The third-order valence-electron chi connectivity index (χ3n) is 3.06. The molecule has 1 fully saturated rings. The van der Waals surface area contributed by atoms with Crippen molar-refractivity contribution >= 4 is 35.0 Å². The molecular weight excluding hydrogens is 289 g/mol. The minimum Gasteiger partial charge on any atom is -0.372 e. The molecule has 2 unspecified atom stereocenters. The number of halogens is 2. The summed E-state index contributed by atoms with van der Waals surface area (Å²) >= 11 is 13.9. The molecule has 100 valence electrons.